The fourth-order valence-corrected chi connectivity index (χ4v) is 5.16. The van der Waals surface area contributed by atoms with E-state index in [-0.39, 0.29) is 23.8 Å². The number of rotatable bonds is 8. The number of nitrogens with zero attached hydrogens (tertiary/aromatic N) is 4. The van der Waals surface area contributed by atoms with Gasteiger partial charge in [0.2, 0.25) is 11.8 Å². The summed E-state index contributed by atoms with van der Waals surface area (Å²) in [4.78, 5) is 29.9. The maximum Gasteiger partial charge on any atom is 0.223 e. The number of amides is 2. The molecule has 2 aromatic rings. The molecule has 4 rings (SSSR count). The summed E-state index contributed by atoms with van der Waals surface area (Å²) in [5.74, 6) is 1.13. The first-order valence-corrected chi connectivity index (χ1v) is 12.8. The van der Waals surface area contributed by atoms with E-state index in [1.165, 1.54) is 6.42 Å². The average Bonchev–Trinajstić information content (AvgIpc) is 3.34. The van der Waals surface area contributed by atoms with Crippen LogP contribution in [-0.2, 0) is 16.1 Å². The monoisotopic (exact) mass is 516 g/mol. The van der Waals surface area contributed by atoms with E-state index < -0.39 is 0 Å². The molecule has 0 radical (unpaired) electrons. The number of halogens is 1. The van der Waals surface area contributed by atoms with Gasteiger partial charge in [0.05, 0.1) is 0 Å². The first kappa shape index (κ1) is 23.8. The number of hydrogen-bond donors (Lipinski definition) is 0. The Morgan fingerprint density at radius 3 is 2.67 bits per heavy atom. The fraction of sp³-hybridized carbons (Fsp3) is 0.560. The number of aromatic nitrogens is 2. The third kappa shape index (κ3) is 6.82. The van der Waals surface area contributed by atoms with Gasteiger partial charge in [-0.3, -0.25) is 14.3 Å². The lowest BCUT2D eigenvalue weighted by atomic mass is 9.90. The van der Waals surface area contributed by atoms with Gasteiger partial charge in [0, 0.05) is 74.8 Å². The zero-order valence-electron chi connectivity index (χ0n) is 19.1. The molecule has 2 fully saturated rings. The highest BCUT2D eigenvalue weighted by Gasteiger charge is 2.35. The normalized spacial score (nSPS) is 21.1. The number of piperidine rings is 2. The molecule has 2 saturated heterocycles. The van der Waals surface area contributed by atoms with Crippen LogP contribution in [0.1, 0.15) is 44.9 Å². The molecule has 0 bridgehead atoms. The average molecular weight is 517 g/mol. The van der Waals surface area contributed by atoms with E-state index in [0.29, 0.717) is 25.9 Å². The minimum atomic E-state index is -0.0823. The zero-order chi connectivity index (χ0) is 23.0. The first-order chi connectivity index (χ1) is 16.1. The van der Waals surface area contributed by atoms with Gasteiger partial charge in [0.15, 0.2) is 0 Å². The molecular weight excluding hydrogens is 484 g/mol. The van der Waals surface area contributed by atoms with Crippen molar-refractivity contribution in [3.8, 4) is 5.75 Å². The summed E-state index contributed by atoms with van der Waals surface area (Å²) in [6.45, 7) is 3.65. The van der Waals surface area contributed by atoms with Gasteiger partial charge >= 0.3 is 0 Å². The van der Waals surface area contributed by atoms with Crippen molar-refractivity contribution in [3.05, 3.63) is 47.2 Å². The summed E-state index contributed by atoms with van der Waals surface area (Å²) >= 11 is 3.50. The molecule has 2 atom stereocenters. The Balaban J connectivity index is 1.38. The van der Waals surface area contributed by atoms with Crippen molar-refractivity contribution >= 4 is 27.7 Å². The number of aryl methyl sites for hydroxylation is 1. The second-order valence-electron chi connectivity index (χ2n) is 9.02. The Labute approximate surface area is 204 Å². The molecule has 2 amide bonds. The maximum atomic E-state index is 13.0. The van der Waals surface area contributed by atoms with Crippen LogP contribution in [0.5, 0.6) is 5.75 Å². The molecule has 178 valence electrons. The Morgan fingerprint density at radius 2 is 1.91 bits per heavy atom. The highest BCUT2D eigenvalue weighted by molar-refractivity contribution is 9.10. The molecule has 1 aromatic heterocycles. The van der Waals surface area contributed by atoms with Crippen LogP contribution in [-0.4, -0.2) is 63.7 Å². The number of ether oxygens (including phenoxy) is 1. The first-order valence-electron chi connectivity index (χ1n) is 12.0. The largest absolute Gasteiger partial charge is 0.490 e. The van der Waals surface area contributed by atoms with Gasteiger partial charge in [0.25, 0.3) is 0 Å². The van der Waals surface area contributed by atoms with Crippen molar-refractivity contribution in [3.63, 3.8) is 0 Å². The van der Waals surface area contributed by atoms with Crippen molar-refractivity contribution < 1.29 is 14.3 Å². The second kappa shape index (κ2) is 11.7. The van der Waals surface area contributed by atoms with Crippen LogP contribution in [0.3, 0.4) is 0 Å². The lowest BCUT2D eigenvalue weighted by molar-refractivity contribution is -0.139. The molecule has 3 heterocycles. The molecule has 0 aliphatic carbocycles. The summed E-state index contributed by atoms with van der Waals surface area (Å²) in [5, 5.41) is 4.20. The highest BCUT2D eigenvalue weighted by atomic mass is 79.9. The van der Waals surface area contributed by atoms with Crippen molar-refractivity contribution in [2.24, 2.45) is 5.92 Å². The SMILES string of the molecule is O=C(C[C@H]1CN(C(=O)CCCn2cccn2)CC[C@@H]1Oc1cccc(Br)c1)N1CCCCC1. The molecule has 33 heavy (non-hydrogen) atoms. The van der Waals surface area contributed by atoms with Crippen molar-refractivity contribution in [2.75, 3.05) is 26.2 Å². The van der Waals surface area contributed by atoms with Gasteiger partial charge in [-0.2, -0.15) is 5.10 Å². The minimum absolute atomic E-state index is 0.0118. The Morgan fingerprint density at radius 1 is 1.06 bits per heavy atom. The van der Waals surface area contributed by atoms with Crippen LogP contribution in [0.4, 0.5) is 0 Å². The fourth-order valence-electron chi connectivity index (χ4n) is 4.78. The van der Waals surface area contributed by atoms with Gasteiger partial charge in [-0.25, -0.2) is 0 Å². The van der Waals surface area contributed by atoms with E-state index in [9.17, 15) is 9.59 Å². The van der Waals surface area contributed by atoms with Crippen LogP contribution < -0.4 is 4.74 Å². The molecule has 0 unspecified atom stereocenters. The predicted octanol–water partition coefficient (Wildman–Crippen LogP) is 4.12. The third-order valence-corrected chi connectivity index (χ3v) is 7.08. The summed E-state index contributed by atoms with van der Waals surface area (Å²) in [6.07, 6.45) is 9.34. The van der Waals surface area contributed by atoms with Gasteiger partial charge in [-0.05, 0) is 49.9 Å². The van der Waals surface area contributed by atoms with Crippen LogP contribution in [0, 0.1) is 5.92 Å². The van der Waals surface area contributed by atoms with Crippen molar-refractivity contribution in [1.82, 2.24) is 19.6 Å². The maximum absolute atomic E-state index is 13.0. The van der Waals surface area contributed by atoms with Crippen LogP contribution >= 0.6 is 15.9 Å². The molecule has 1 aromatic carbocycles. The summed E-state index contributed by atoms with van der Waals surface area (Å²) < 4.78 is 9.16. The van der Waals surface area contributed by atoms with Crippen molar-refractivity contribution in [2.45, 2.75) is 57.6 Å². The number of hydrogen-bond acceptors (Lipinski definition) is 4. The van der Waals surface area contributed by atoms with Gasteiger partial charge in [-0.1, -0.05) is 22.0 Å². The molecule has 2 aliphatic rings. The number of likely N-dealkylation sites (tertiary alicyclic amines) is 2. The molecule has 0 N–H and O–H groups in total. The zero-order valence-corrected chi connectivity index (χ0v) is 20.7. The molecule has 8 heteroatoms. The summed E-state index contributed by atoms with van der Waals surface area (Å²) in [6, 6.07) is 9.71. The minimum Gasteiger partial charge on any atom is -0.490 e. The predicted molar refractivity (Wildman–Crippen MR) is 130 cm³/mol. The Kier molecular flexibility index (Phi) is 8.42. The molecular formula is C25H33BrN4O3. The number of carbonyl (C=O) groups is 2. The number of benzene rings is 1. The Hall–Kier alpha value is -2.35. The van der Waals surface area contributed by atoms with E-state index in [4.69, 9.17) is 4.74 Å². The molecule has 0 saturated carbocycles. The summed E-state index contributed by atoms with van der Waals surface area (Å²) in [7, 11) is 0. The van der Waals surface area contributed by atoms with Crippen LogP contribution in [0.15, 0.2) is 47.2 Å². The number of carbonyl (C=O) groups excluding carboxylic acids is 2. The standard InChI is InChI=1S/C25H33BrN4O3/c26-21-7-4-8-22(18-21)33-23-10-16-29(24(31)9-5-14-30-15-6-11-27-30)19-20(23)17-25(32)28-12-2-1-3-13-28/h4,6-8,11,15,18,20,23H,1-3,5,9-10,12-14,16-17,19H2/t20-,23-/m0/s1. The third-order valence-electron chi connectivity index (χ3n) is 6.58. The van der Waals surface area contributed by atoms with Crippen LogP contribution in [0.25, 0.3) is 0 Å². The van der Waals surface area contributed by atoms with Crippen LogP contribution in [0.2, 0.25) is 0 Å². The van der Waals surface area contributed by atoms with E-state index >= 15 is 0 Å². The van der Waals surface area contributed by atoms with Crippen molar-refractivity contribution in [1.29, 1.82) is 0 Å². The van der Waals surface area contributed by atoms with Gasteiger partial charge < -0.3 is 14.5 Å². The van der Waals surface area contributed by atoms with E-state index in [1.807, 2.05) is 51.0 Å². The van der Waals surface area contributed by atoms with Gasteiger partial charge in [-0.15, -0.1) is 0 Å². The lowest BCUT2D eigenvalue weighted by Gasteiger charge is -2.39. The lowest BCUT2D eigenvalue weighted by Crippen LogP contribution is -2.49. The van der Waals surface area contributed by atoms with E-state index in [2.05, 4.69) is 21.0 Å². The van der Waals surface area contributed by atoms with Gasteiger partial charge in [0.1, 0.15) is 11.9 Å². The highest BCUT2D eigenvalue weighted by Crippen LogP contribution is 2.28. The molecule has 0 spiro atoms. The van der Waals surface area contributed by atoms with E-state index in [1.54, 1.807) is 6.20 Å². The second-order valence-corrected chi connectivity index (χ2v) is 9.94. The topological polar surface area (TPSA) is 67.7 Å². The van der Waals surface area contributed by atoms with E-state index in [0.717, 1.165) is 55.5 Å². The smallest absolute Gasteiger partial charge is 0.223 e. The molecule has 7 nitrogen and oxygen atoms in total. The Bertz CT molecular complexity index is 914. The summed E-state index contributed by atoms with van der Waals surface area (Å²) in [5.41, 5.74) is 0. The quantitative estimate of drug-likeness (QED) is 0.529. The molecule has 2 aliphatic heterocycles.